The van der Waals surface area contributed by atoms with Crippen LogP contribution in [0.1, 0.15) is 10.4 Å². The molecular formula is C13H10O7. The van der Waals surface area contributed by atoms with Crippen LogP contribution in [0.15, 0.2) is 24.3 Å². The third-order valence-electron chi connectivity index (χ3n) is 2.79. The Kier molecular flexibility index (Phi) is 3.03. The van der Waals surface area contributed by atoms with Gasteiger partial charge in [-0.15, -0.1) is 0 Å². The zero-order valence-corrected chi connectivity index (χ0v) is 9.90. The second-order valence-corrected chi connectivity index (χ2v) is 3.99. The van der Waals surface area contributed by atoms with Gasteiger partial charge in [-0.25, -0.2) is 4.79 Å². The first-order valence-corrected chi connectivity index (χ1v) is 5.37. The van der Waals surface area contributed by atoms with E-state index in [9.17, 15) is 30.3 Å². The van der Waals surface area contributed by atoms with E-state index in [4.69, 9.17) is 5.11 Å². The molecule has 6 N–H and O–H groups in total. The van der Waals surface area contributed by atoms with E-state index < -0.39 is 34.7 Å². The van der Waals surface area contributed by atoms with Gasteiger partial charge in [0.05, 0.1) is 5.56 Å². The summed E-state index contributed by atoms with van der Waals surface area (Å²) in [6.45, 7) is 0. The average Bonchev–Trinajstić information content (AvgIpc) is 2.40. The Morgan fingerprint density at radius 3 is 1.90 bits per heavy atom. The lowest BCUT2D eigenvalue weighted by Gasteiger charge is -2.13. The van der Waals surface area contributed by atoms with Gasteiger partial charge in [0.25, 0.3) is 0 Å². The minimum Gasteiger partial charge on any atom is -0.504 e. The highest BCUT2D eigenvalue weighted by Crippen LogP contribution is 2.47. The van der Waals surface area contributed by atoms with E-state index in [0.29, 0.717) is 0 Å². The van der Waals surface area contributed by atoms with E-state index in [1.54, 1.807) is 0 Å². The molecule has 0 fully saturated rings. The molecule has 0 aromatic heterocycles. The van der Waals surface area contributed by atoms with Crippen LogP contribution in [0.3, 0.4) is 0 Å². The summed E-state index contributed by atoms with van der Waals surface area (Å²) >= 11 is 0. The number of benzene rings is 2. The molecule has 7 heteroatoms. The zero-order valence-electron chi connectivity index (χ0n) is 9.90. The van der Waals surface area contributed by atoms with Gasteiger partial charge in [-0.3, -0.25) is 0 Å². The molecule has 2 aromatic rings. The van der Waals surface area contributed by atoms with Crippen molar-refractivity contribution in [2.45, 2.75) is 0 Å². The number of aromatic hydroxyl groups is 5. The monoisotopic (exact) mass is 279 g/mol. The molecule has 2 rings (SSSR count). The van der Waals surface area contributed by atoms with Crippen LogP contribution < -0.4 is 0 Å². The van der Waals surface area contributed by atoms with Gasteiger partial charge >= 0.3 is 5.97 Å². The first-order chi connectivity index (χ1) is 9.34. The summed E-state index contributed by atoms with van der Waals surface area (Å²) in [5.41, 5.74) is -1.00. The molecule has 0 unspecified atom stereocenters. The highest BCUT2D eigenvalue weighted by Gasteiger charge is 2.23. The molecule has 0 bridgehead atoms. The first kappa shape index (κ1) is 13.3. The smallest absolute Gasteiger partial charge is 0.336 e. The summed E-state index contributed by atoms with van der Waals surface area (Å²) in [6, 6.07) is 4.14. The van der Waals surface area contributed by atoms with Gasteiger partial charge in [0, 0.05) is 11.1 Å². The van der Waals surface area contributed by atoms with Crippen LogP contribution in [0, 0.1) is 0 Å². The minimum atomic E-state index is -1.40. The summed E-state index contributed by atoms with van der Waals surface area (Å²) in [7, 11) is 0. The Balaban J connectivity index is 2.85. The van der Waals surface area contributed by atoms with E-state index in [1.165, 1.54) is 0 Å². The maximum atomic E-state index is 11.1. The lowest BCUT2D eigenvalue weighted by atomic mass is 9.99. The predicted octanol–water partition coefficient (Wildman–Crippen LogP) is 1.58. The van der Waals surface area contributed by atoms with Crippen LogP contribution in [-0.4, -0.2) is 36.6 Å². The Hall–Kier alpha value is -3.09. The molecule has 0 aliphatic heterocycles. The van der Waals surface area contributed by atoms with Crippen LogP contribution in [0.2, 0.25) is 0 Å². The molecule has 0 radical (unpaired) electrons. The molecule has 0 aliphatic rings. The van der Waals surface area contributed by atoms with Crippen molar-refractivity contribution in [3.63, 3.8) is 0 Å². The number of aromatic carboxylic acids is 1. The summed E-state index contributed by atoms with van der Waals surface area (Å²) in [5.74, 6) is -5.03. The molecular weight excluding hydrogens is 269 g/mol. The van der Waals surface area contributed by atoms with Crippen LogP contribution in [-0.2, 0) is 0 Å². The minimum absolute atomic E-state index is 0.244. The molecule has 0 amide bonds. The van der Waals surface area contributed by atoms with Crippen LogP contribution in [0.25, 0.3) is 11.1 Å². The zero-order chi connectivity index (χ0) is 15.0. The number of phenolic OH excluding ortho intramolecular Hbond substituents is 5. The van der Waals surface area contributed by atoms with Crippen molar-refractivity contribution in [3.05, 3.63) is 29.8 Å². The first-order valence-electron chi connectivity index (χ1n) is 5.37. The number of hydrogen-bond acceptors (Lipinski definition) is 6. The van der Waals surface area contributed by atoms with Crippen LogP contribution >= 0.6 is 0 Å². The molecule has 0 saturated carbocycles. The highest BCUT2D eigenvalue weighted by atomic mass is 16.5. The Bertz CT molecular complexity index is 706. The predicted molar refractivity (Wildman–Crippen MR) is 67.2 cm³/mol. The average molecular weight is 279 g/mol. The quantitative estimate of drug-likeness (QED) is 0.362. The molecule has 0 saturated heterocycles. The third-order valence-corrected chi connectivity index (χ3v) is 2.79. The molecule has 20 heavy (non-hydrogen) atoms. The number of carboxylic acids is 1. The third kappa shape index (κ3) is 1.91. The molecule has 104 valence electrons. The summed E-state index contributed by atoms with van der Waals surface area (Å²) in [4.78, 5) is 11.1. The molecule has 7 nitrogen and oxygen atoms in total. The molecule has 0 heterocycles. The molecule has 2 aromatic carbocycles. The summed E-state index contributed by atoms with van der Waals surface area (Å²) in [6.07, 6.45) is 0. The Morgan fingerprint density at radius 1 is 0.750 bits per heavy atom. The molecule has 0 spiro atoms. The number of carbonyl (C=O) groups is 1. The number of phenols is 5. The molecule has 0 atom stereocenters. The maximum Gasteiger partial charge on any atom is 0.336 e. The fourth-order valence-electron chi connectivity index (χ4n) is 1.80. The van der Waals surface area contributed by atoms with Crippen molar-refractivity contribution in [1.82, 2.24) is 0 Å². The van der Waals surface area contributed by atoms with Crippen molar-refractivity contribution in [3.8, 4) is 39.9 Å². The lowest BCUT2D eigenvalue weighted by molar-refractivity contribution is 0.0697. The SMILES string of the molecule is O=[13C](O)c1ccc(O)c(O)c1-c1ccc(O)c(O)c1O. The van der Waals surface area contributed by atoms with Gasteiger partial charge in [-0.2, -0.15) is 0 Å². The normalized spacial score (nSPS) is 10.4. The van der Waals surface area contributed by atoms with Gasteiger partial charge in [-0.1, -0.05) is 0 Å². The van der Waals surface area contributed by atoms with Gasteiger partial charge in [0.15, 0.2) is 23.0 Å². The summed E-state index contributed by atoms with van der Waals surface area (Å²) < 4.78 is 0. The standard InChI is InChI=1S/C13H10O7/c14-7-4-2-6(13(19)20)9(11(7)17)5-1-3-8(15)12(18)10(5)16/h1-4,14-18H,(H,19,20)/i13+1. The van der Waals surface area contributed by atoms with Gasteiger partial charge in [0.2, 0.25) is 5.75 Å². The van der Waals surface area contributed by atoms with Gasteiger partial charge in [-0.05, 0) is 24.3 Å². The Morgan fingerprint density at radius 2 is 1.30 bits per heavy atom. The summed E-state index contributed by atoms with van der Waals surface area (Å²) in [5, 5.41) is 56.8. The highest BCUT2D eigenvalue weighted by molar-refractivity contribution is 6.00. The maximum absolute atomic E-state index is 11.1. The van der Waals surface area contributed by atoms with E-state index >= 15 is 0 Å². The lowest BCUT2D eigenvalue weighted by Crippen LogP contribution is -2.00. The topological polar surface area (TPSA) is 138 Å². The van der Waals surface area contributed by atoms with Crippen molar-refractivity contribution in [1.29, 1.82) is 0 Å². The number of hydrogen-bond donors (Lipinski definition) is 6. The Labute approximate surface area is 112 Å². The largest absolute Gasteiger partial charge is 0.504 e. The van der Waals surface area contributed by atoms with Crippen molar-refractivity contribution >= 4 is 5.97 Å². The van der Waals surface area contributed by atoms with E-state index in [-0.39, 0.29) is 16.7 Å². The fraction of sp³-hybridized carbons (Fsp3) is 0. The second-order valence-electron chi connectivity index (χ2n) is 3.99. The fourth-order valence-corrected chi connectivity index (χ4v) is 1.80. The second kappa shape index (κ2) is 4.54. The van der Waals surface area contributed by atoms with E-state index in [1.807, 2.05) is 0 Å². The van der Waals surface area contributed by atoms with Crippen molar-refractivity contribution in [2.75, 3.05) is 0 Å². The molecule has 0 aliphatic carbocycles. The van der Waals surface area contributed by atoms with Crippen molar-refractivity contribution in [2.24, 2.45) is 0 Å². The number of rotatable bonds is 2. The van der Waals surface area contributed by atoms with Crippen LogP contribution in [0.5, 0.6) is 28.7 Å². The van der Waals surface area contributed by atoms with Gasteiger partial charge < -0.3 is 30.6 Å². The van der Waals surface area contributed by atoms with Gasteiger partial charge in [0.1, 0.15) is 0 Å². The van der Waals surface area contributed by atoms with Crippen LogP contribution in [0.4, 0.5) is 0 Å². The number of carboxylic acid groups (broad SMARTS) is 1. The van der Waals surface area contributed by atoms with E-state index in [0.717, 1.165) is 24.3 Å². The van der Waals surface area contributed by atoms with Crippen molar-refractivity contribution < 1.29 is 35.4 Å². The van der Waals surface area contributed by atoms with E-state index in [2.05, 4.69) is 0 Å².